The minimum Gasteiger partial charge on any atom is -0.352 e. The lowest BCUT2D eigenvalue weighted by atomic mass is 10.1. The van der Waals surface area contributed by atoms with Crippen LogP contribution in [0, 0.1) is 13.8 Å². The third kappa shape index (κ3) is 5.75. The molecule has 7 heteroatoms. The molecule has 2 aromatic carbocycles. The van der Waals surface area contributed by atoms with Gasteiger partial charge in [0.05, 0.1) is 11.9 Å². The van der Waals surface area contributed by atoms with E-state index >= 15 is 0 Å². The van der Waals surface area contributed by atoms with Gasteiger partial charge in [0.2, 0.25) is 15.9 Å². The summed E-state index contributed by atoms with van der Waals surface area (Å²) in [6.45, 7) is 4.36. The first-order chi connectivity index (χ1) is 12.2. The average Bonchev–Trinajstić information content (AvgIpc) is 2.56. The Morgan fingerprint density at radius 1 is 1.08 bits per heavy atom. The molecule has 2 rings (SSSR count). The van der Waals surface area contributed by atoms with Gasteiger partial charge in [0.25, 0.3) is 0 Å². The molecule has 0 aliphatic heterocycles. The molecule has 140 valence electrons. The number of sulfonamides is 1. The lowest BCUT2D eigenvalue weighted by Crippen LogP contribution is -2.34. The molecular formula is C19H23ClN2O3S. The van der Waals surface area contributed by atoms with Crippen molar-refractivity contribution in [2.45, 2.75) is 26.8 Å². The summed E-state index contributed by atoms with van der Waals surface area (Å²) >= 11 is 5.83. The normalized spacial score (nSPS) is 11.2. The smallest absolute Gasteiger partial charge is 0.232 e. The van der Waals surface area contributed by atoms with Crippen molar-refractivity contribution < 1.29 is 13.2 Å². The Kier molecular flexibility index (Phi) is 6.67. The lowest BCUT2D eigenvalue weighted by molar-refractivity contribution is -0.121. The summed E-state index contributed by atoms with van der Waals surface area (Å²) in [7, 11) is -3.48. The minimum absolute atomic E-state index is 0.0770. The second-order valence-corrected chi connectivity index (χ2v) is 8.60. The van der Waals surface area contributed by atoms with Crippen LogP contribution in [0.15, 0.2) is 42.5 Å². The Morgan fingerprint density at radius 3 is 2.31 bits per heavy atom. The van der Waals surface area contributed by atoms with Gasteiger partial charge in [-0.2, -0.15) is 0 Å². The summed E-state index contributed by atoms with van der Waals surface area (Å²) in [4.78, 5) is 12.1. The molecule has 0 atom stereocenters. The first-order valence-electron chi connectivity index (χ1n) is 8.23. The van der Waals surface area contributed by atoms with Gasteiger partial charge in [0.15, 0.2) is 0 Å². The van der Waals surface area contributed by atoms with E-state index in [1.165, 1.54) is 4.31 Å². The molecule has 1 amide bonds. The van der Waals surface area contributed by atoms with Gasteiger partial charge in [0, 0.05) is 24.5 Å². The number of anilines is 1. The molecule has 0 aromatic heterocycles. The van der Waals surface area contributed by atoms with E-state index < -0.39 is 10.0 Å². The Balaban J connectivity index is 1.99. The van der Waals surface area contributed by atoms with Gasteiger partial charge in [-0.15, -0.1) is 0 Å². The fraction of sp³-hybridized carbons (Fsp3) is 0.316. The Morgan fingerprint density at radius 2 is 1.73 bits per heavy atom. The highest BCUT2D eigenvalue weighted by atomic mass is 35.5. The molecule has 0 radical (unpaired) electrons. The number of hydrogen-bond donors (Lipinski definition) is 1. The third-order valence-electron chi connectivity index (χ3n) is 4.12. The first-order valence-corrected chi connectivity index (χ1v) is 10.5. The standard InChI is InChI=1S/C19H23ClN2O3S/c1-14-4-9-18(12-15(14)2)22(26(3,24)25)11-10-19(23)21-13-16-5-7-17(20)8-6-16/h4-9,12H,10-11,13H2,1-3H3,(H,21,23). The van der Waals surface area contributed by atoms with Crippen LogP contribution in [-0.2, 0) is 21.4 Å². The molecule has 0 fully saturated rings. The third-order valence-corrected chi connectivity index (χ3v) is 5.57. The molecule has 0 saturated heterocycles. The molecular weight excluding hydrogens is 372 g/mol. The highest BCUT2D eigenvalue weighted by molar-refractivity contribution is 7.92. The average molecular weight is 395 g/mol. The van der Waals surface area contributed by atoms with Gasteiger partial charge in [-0.3, -0.25) is 9.10 Å². The summed E-state index contributed by atoms with van der Waals surface area (Å²) < 4.78 is 25.5. The van der Waals surface area contributed by atoms with Crippen molar-refractivity contribution in [2.24, 2.45) is 0 Å². The summed E-state index contributed by atoms with van der Waals surface area (Å²) in [6, 6.07) is 12.6. The zero-order valence-electron chi connectivity index (χ0n) is 15.1. The number of carbonyl (C=O) groups is 1. The molecule has 5 nitrogen and oxygen atoms in total. The summed E-state index contributed by atoms with van der Waals surface area (Å²) in [6.07, 6.45) is 1.22. The van der Waals surface area contributed by atoms with Gasteiger partial charge in [0.1, 0.15) is 0 Å². The number of aryl methyl sites for hydroxylation is 2. The second-order valence-electron chi connectivity index (χ2n) is 6.26. The SMILES string of the molecule is Cc1ccc(N(CCC(=O)NCc2ccc(Cl)cc2)S(C)(=O)=O)cc1C. The zero-order chi connectivity index (χ0) is 19.3. The first kappa shape index (κ1) is 20.3. The molecule has 0 saturated carbocycles. The monoisotopic (exact) mass is 394 g/mol. The number of hydrogen-bond acceptors (Lipinski definition) is 3. The fourth-order valence-corrected chi connectivity index (χ4v) is 3.51. The highest BCUT2D eigenvalue weighted by Gasteiger charge is 2.19. The van der Waals surface area contributed by atoms with Crippen LogP contribution in [0.25, 0.3) is 0 Å². The van der Waals surface area contributed by atoms with Crippen LogP contribution in [-0.4, -0.2) is 27.1 Å². The van der Waals surface area contributed by atoms with Crippen LogP contribution in [0.3, 0.4) is 0 Å². The summed E-state index contributed by atoms with van der Waals surface area (Å²) in [5.74, 6) is -0.211. The number of benzene rings is 2. The van der Waals surface area contributed by atoms with Gasteiger partial charge < -0.3 is 5.32 Å². The predicted molar refractivity (Wildman–Crippen MR) is 106 cm³/mol. The van der Waals surface area contributed by atoms with E-state index in [9.17, 15) is 13.2 Å². The molecule has 0 unspecified atom stereocenters. The summed E-state index contributed by atoms with van der Waals surface area (Å²) in [5.41, 5.74) is 3.59. The maximum Gasteiger partial charge on any atom is 0.232 e. The van der Waals surface area contributed by atoms with Gasteiger partial charge in [-0.1, -0.05) is 29.8 Å². The summed E-state index contributed by atoms with van der Waals surface area (Å²) in [5, 5.41) is 3.43. The van der Waals surface area contributed by atoms with Gasteiger partial charge in [-0.25, -0.2) is 8.42 Å². The van der Waals surface area contributed by atoms with Crippen molar-refractivity contribution in [1.29, 1.82) is 0 Å². The van der Waals surface area contributed by atoms with Crippen molar-refractivity contribution in [2.75, 3.05) is 17.1 Å². The van der Waals surface area contributed by atoms with E-state index in [0.29, 0.717) is 17.3 Å². The number of carbonyl (C=O) groups excluding carboxylic acids is 1. The van der Waals surface area contributed by atoms with Crippen LogP contribution < -0.4 is 9.62 Å². The molecule has 0 aliphatic carbocycles. The maximum atomic E-state index is 12.1. The Labute approximate surface area is 160 Å². The largest absolute Gasteiger partial charge is 0.352 e. The van der Waals surface area contributed by atoms with E-state index in [2.05, 4.69) is 5.32 Å². The second kappa shape index (κ2) is 8.56. The van der Waals surface area contributed by atoms with Crippen molar-refractivity contribution in [3.05, 3.63) is 64.2 Å². The number of halogens is 1. The predicted octanol–water partition coefficient (Wildman–Crippen LogP) is 3.43. The molecule has 26 heavy (non-hydrogen) atoms. The number of amides is 1. The van der Waals surface area contributed by atoms with Crippen LogP contribution in [0.2, 0.25) is 5.02 Å². The number of nitrogens with zero attached hydrogens (tertiary/aromatic N) is 1. The van der Waals surface area contributed by atoms with Crippen LogP contribution in [0.1, 0.15) is 23.1 Å². The highest BCUT2D eigenvalue weighted by Crippen LogP contribution is 2.21. The Bertz CT molecular complexity index is 880. The van der Waals surface area contributed by atoms with E-state index in [-0.39, 0.29) is 18.9 Å². The van der Waals surface area contributed by atoms with Crippen molar-refractivity contribution >= 4 is 33.2 Å². The van der Waals surface area contributed by atoms with Crippen LogP contribution in [0.5, 0.6) is 0 Å². The molecule has 0 bridgehead atoms. The van der Waals surface area contributed by atoms with E-state index in [1.807, 2.05) is 38.1 Å². The number of rotatable bonds is 7. The zero-order valence-corrected chi connectivity index (χ0v) is 16.7. The molecule has 0 heterocycles. The Hall–Kier alpha value is -2.05. The van der Waals surface area contributed by atoms with E-state index in [0.717, 1.165) is 22.9 Å². The fourth-order valence-electron chi connectivity index (χ4n) is 2.46. The van der Waals surface area contributed by atoms with Crippen molar-refractivity contribution in [3.8, 4) is 0 Å². The van der Waals surface area contributed by atoms with Crippen LogP contribution in [0.4, 0.5) is 5.69 Å². The topological polar surface area (TPSA) is 66.5 Å². The van der Waals surface area contributed by atoms with Crippen molar-refractivity contribution in [1.82, 2.24) is 5.32 Å². The maximum absolute atomic E-state index is 12.1. The molecule has 1 N–H and O–H groups in total. The van der Waals surface area contributed by atoms with E-state index in [4.69, 9.17) is 11.6 Å². The molecule has 2 aromatic rings. The quantitative estimate of drug-likeness (QED) is 0.782. The van der Waals surface area contributed by atoms with Gasteiger partial charge >= 0.3 is 0 Å². The van der Waals surface area contributed by atoms with E-state index in [1.54, 1.807) is 18.2 Å². The van der Waals surface area contributed by atoms with Gasteiger partial charge in [-0.05, 0) is 54.8 Å². The minimum atomic E-state index is -3.48. The number of nitrogens with one attached hydrogen (secondary N) is 1. The van der Waals surface area contributed by atoms with Crippen LogP contribution >= 0.6 is 11.6 Å². The molecule has 0 spiro atoms. The molecule has 0 aliphatic rings. The van der Waals surface area contributed by atoms with Crippen molar-refractivity contribution in [3.63, 3.8) is 0 Å². The lowest BCUT2D eigenvalue weighted by Gasteiger charge is -2.23.